The fraction of sp³-hybridized carbons (Fsp3) is 1.00. The highest BCUT2D eigenvalue weighted by Gasteiger charge is 2.61. The van der Waals surface area contributed by atoms with Gasteiger partial charge in [0.05, 0.1) is 12.2 Å². The molecule has 5 fully saturated rings. The van der Waals surface area contributed by atoms with Gasteiger partial charge in [0, 0.05) is 12.1 Å². The van der Waals surface area contributed by atoms with Crippen LogP contribution in [0.5, 0.6) is 0 Å². The summed E-state index contributed by atoms with van der Waals surface area (Å²) in [7, 11) is 0. The summed E-state index contributed by atoms with van der Waals surface area (Å²) in [6.45, 7) is 4.97. The number of rotatable bonds is 2. The highest BCUT2D eigenvalue weighted by molar-refractivity contribution is 5.11. The van der Waals surface area contributed by atoms with Crippen molar-refractivity contribution in [2.24, 2.45) is 34.5 Å². The second kappa shape index (κ2) is 6.71. The fourth-order valence-electron chi connectivity index (χ4n) is 8.84. The van der Waals surface area contributed by atoms with Crippen LogP contribution in [0.4, 0.5) is 0 Å². The van der Waals surface area contributed by atoms with Crippen molar-refractivity contribution in [2.75, 3.05) is 0 Å². The molecule has 5 rings (SSSR count). The highest BCUT2D eigenvalue weighted by Crippen LogP contribution is 2.66. The zero-order chi connectivity index (χ0) is 18.8. The Morgan fingerprint density at radius 3 is 2.33 bits per heavy atom. The maximum absolute atomic E-state index is 10.9. The zero-order valence-corrected chi connectivity index (χ0v) is 17.5. The van der Waals surface area contributed by atoms with Crippen LogP contribution in [0, 0.1) is 34.5 Å². The van der Waals surface area contributed by atoms with E-state index in [1.807, 2.05) is 0 Å². The van der Waals surface area contributed by atoms with Crippen molar-refractivity contribution in [3.8, 4) is 0 Å². The lowest BCUT2D eigenvalue weighted by atomic mass is 9.44. The highest BCUT2D eigenvalue weighted by atomic mass is 16.3. The van der Waals surface area contributed by atoms with E-state index in [-0.39, 0.29) is 17.6 Å². The van der Waals surface area contributed by atoms with Gasteiger partial charge >= 0.3 is 0 Å². The molecule has 0 spiro atoms. The van der Waals surface area contributed by atoms with Gasteiger partial charge in [-0.2, -0.15) is 0 Å². The van der Waals surface area contributed by atoms with Crippen LogP contribution in [-0.2, 0) is 0 Å². The smallest absolute Gasteiger partial charge is 0.0696 e. The molecule has 0 heterocycles. The number of aliphatic hydroxyl groups excluding tert-OH is 2. The normalized spacial score (nSPS) is 55.8. The molecule has 9 atom stereocenters. The molecule has 154 valence electrons. The molecule has 3 N–H and O–H groups in total. The van der Waals surface area contributed by atoms with Crippen molar-refractivity contribution in [1.82, 2.24) is 5.32 Å². The molecule has 0 aliphatic heterocycles. The van der Waals surface area contributed by atoms with E-state index >= 15 is 0 Å². The molecular formula is C24H41NO2. The summed E-state index contributed by atoms with van der Waals surface area (Å²) in [4.78, 5) is 0. The van der Waals surface area contributed by atoms with Crippen LogP contribution in [-0.4, -0.2) is 34.5 Å². The molecule has 5 aliphatic carbocycles. The third-order valence-corrected chi connectivity index (χ3v) is 10.5. The Morgan fingerprint density at radius 2 is 1.56 bits per heavy atom. The third-order valence-electron chi connectivity index (χ3n) is 10.5. The number of nitrogens with one attached hydrogen (secondary N) is 1. The molecule has 0 aromatic carbocycles. The van der Waals surface area contributed by atoms with Gasteiger partial charge in [-0.15, -0.1) is 0 Å². The Hall–Kier alpha value is -0.120. The van der Waals surface area contributed by atoms with Crippen LogP contribution in [0.15, 0.2) is 0 Å². The summed E-state index contributed by atoms with van der Waals surface area (Å²) in [6.07, 6.45) is 14.7. The second-order valence-electron chi connectivity index (χ2n) is 11.6. The van der Waals surface area contributed by atoms with Crippen molar-refractivity contribution in [3.63, 3.8) is 0 Å². The van der Waals surface area contributed by atoms with Crippen LogP contribution in [0.25, 0.3) is 0 Å². The van der Waals surface area contributed by atoms with E-state index in [9.17, 15) is 10.2 Å². The Kier molecular flexibility index (Phi) is 4.69. The van der Waals surface area contributed by atoms with Crippen LogP contribution < -0.4 is 5.32 Å². The summed E-state index contributed by atoms with van der Waals surface area (Å²) in [5, 5.41) is 25.5. The van der Waals surface area contributed by atoms with Gasteiger partial charge in [-0.25, -0.2) is 0 Å². The maximum atomic E-state index is 10.9. The Morgan fingerprint density at radius 1 is 0.815 bits per heavy atom. The molecule has 5 saturated carbocycles. The molecular weight excluding hydrogens is 334 g/mol. The molecule has 0 saturated heterocycles. The summed E-state index contributed by atoms with van der Waals surface area (Å²) in [5.74, 6) is 3.05. The summed E-state index contributed by atoms with van der Waals surface area (Å²) >= 11 is 0. The minimum atomic E-state index is -0.151. The molecule has 3 heteroatoms. The van der Waals surface area contributed by atoms with Crippen molar-refractivity contribution in [2.45, 2.75) is 115 Å². The van der Waals surface area contributed by atoms with Crippen LogP contribution in [0.1, 0.15) is 90.9 Å². The lowest BCUT2D eigenvalue weighted by Gasteiger charge is -2.61. The average molecular weight is 376 g/mol. The lowest BCUT2D eigenvalue weighted by molar-refractivity contribution is -0.141. The van der Waals surface area contributed by atoms with Crippen LogP contribution >= 0.6 is 0 Å². The molecule has 5 aliphatic rings. The number of aliphatic hydroxyl groups is 2. The maximum Gasteiger partial charge on any atom is 0.0696 e. The SMILES string of the molecule is C[C@]12C[C@H](NC3CCCC3)[C@@H](O)C[C@@H]1CC[C@@H]1[C@@H]2CC[C@]2(C)[C@@H](O)CC[C@@H]12. The monoisotopic (exact) mass is 375 g/mol. The van der Waals surface area contributed by atoms with Gasteiger partial charge in [-0.05, 0) is 98.7 Å². The zero-order valence-electron chi connectivity index (χ0n) is 17.5. The van der Waals surface area contributed by atoms with Crippen molar-refractivity contribution in [3.05, 3.63) is 0 Å². The number of hydrogen-bond donors (Lipinski definition) is 3. The Bertz CT molecular complexity index is 561. The quantitative estimate of drug-likeness (QED) is 0.676. The van der Waals surface area contributed by atoms with Crippen LogP contribution in [0.2, 0.25) is 0 Å². The van der Waals surface area contributed by atoms with Gasteiger partial charge in [-0.1, -0.05) is 26.7 Å². The van der Waals surface area contributed by atoms with E-state index in [0.717, 1.165) is 30.6 Å². The number of hydrogen-bond acceptors (Lipinski definition) is 3. The predicted molar refractivity (Wildman–Crippen MR) is 108 cm³/mol. The first-order chi connectivity index (χ1) is 12.9. The third kappa shape index (κ3) is 2.86. The van der Waals surface area contributed by atoms with Crippen molar-refractivity contribution < 1.29 is 10.2 Å². The molecule has 0 aromatic heterocycles. The topological polar surface area (TPSA) is 52.5 Å². The summed E-state index contributed by atoms with van der Waals surface area (Å²) < 4.78 is 0. The van der Waals surface area contributed by atoms with E-state index in [1.165, 1.54) is 64.2 Å². The fourth-order valence-corrected chi connectivity index (χ4v) is 8.84. The minimum Gasteiger partial charge on any atom is -0.393 e. The average Bonchev–Trinajstić information content (AvgIpc) is 3.24. The predicted octanol–water partition coefficient (Wildman–Crippen LogP) is 4.26. The Labute approximate surface area is 165 Å². The van der Waals surface area contributed by atoms with E-state index in [4.69, 9.17) is 0 Å². The number of fused-ring (bicyclic) bond motifs is 5. The Balaban J connectivity index is 1.37. The van der Waals surface area contributed by atoms with Gasteiger partial charge in [0.1, 0.15) is 0 Å². The van der Waals surface area contributed by atoms with Crippen molar-refractivity contribution >= 4 is 0 Å². The first-order valence-corrected chi connectivity index (χ1v) is 12.0. The van der Waals surface area contributed by atoms with E-state index in [0.29, 0.717) is 23.4 Å². The second-order valence-corrected chi connectivity index (χ2v) is 11.6. The molecule has 27 heavy (non-hydrogen) atoms. The van der Waals surface area contributed by atoms with E-state index in [1.54, 1.807) is 0 Å². The first-order valence-electron chi connectivity index (χ1n) is 12.0. The molecule has 0 radical (unpaired) electrons. The van der Waals surface area contributed by atoms with Gasteiger partial charge < -0.3 is 15.5 Å². The van der Waals surface area contributed by atoms with E-state index in [2.05, 4.69) is 19.2 Å². The van der Waals surface area contributed by atoms with Crippen molar-refractivity contribution in [1.29, 1.82) is 0 Å². The molecule has 0 aromatic rings. The van der Waals surface area contributed by atoms with E-state index < -0.39 is 0 Å². The largest absolute Gasteiger partial charge is 0.393 e. The van der Waals surface area contributed by atoms with Gasteiger partial charge in [0.15, 0.2) is 0 Å². The first kappa shape index (κ1) is 18.9. The molecule has 0 unspecified atom stereocenters. The minimum absolute atomic E-state index is 0.0704. The van der Waals surface area contributed by atoms with Crippen LogP contribution in [0.3, 0.4) is 0 Å². The van der Waals surface area contributed by atoms with Gasteiger partial charge in [0.2, 0.25) is 0 Å². The van der Waals surface area contributed by atoms with Gasteiger partial charge in [-0.3, -0.25) is 0 Å². The van der Waals surface area contributed by atoms with Gasteiger partial charge in [0.25, 0.3) is 0 Å². The molecule has 0 bridgehead atoms. The summed E-state index contributed by atoms with van der Waals surface area (Å²) in [6, 6.07) is 0.944. The summed E-state index contributed by atoms with van der Waals surface area (Å²) in [5.41, 5.74) is 0.563. The molecule has 0 amide bonds. The lowest BCUT2D eigenvalue weighted by Crippen LogP contribution is -2.60. The standard InChI is InChI=1S/C24H41NO2/c1-23-12-11-19-17(18(23)9-10-22(23)27)8-7-15-13-21(26)20(14-24(15,19)2)25-16-5-3-4-6-16/h15-22,25-27H,3-14H2,1-2H3/t15-,17-,18-,19-,20-,21-,22-,23-,24-/m0/s1. The molecule has 3 nitrogen and oxygen atoms in total.